The third-order valence-corrected chi connectivity index (χ3v) is 1.34. The molecule has 0 saturated carbocycles. The van der Waals surface area contributed by atoms with E-state index in [0.29, 0.717) is 12.3 Å². The van der Waals surface area contributed by atoms with E-state index >= 15 is 0 Å². The Labute approximate surface area is 72.3 Å². The summed E-state index contributed by atoms with van der Waals surface area (Å²) in [7, 11) is 0. The minimum absolute atomic E-state index is 0.411. The van der Waals surface area contributed by atoms with Crippen LogP contribution in [0.25, 0.3) is 0 Å². The van der Waals surface area contributed by atoms with Crippen molar-refractivity contribution in [1.82, 2.24) is 5.73 Å². The molecule has 1 N–H and O–H groups in total. The molecular weight excluding hydrogens is 150 g/mol. The summed E-state index contributed by atoms with van der Waals surface area (Å²) in [4.78, 5) is 0. The van der Waals surface area contributed by atoms with Crippen molar-refractivity contribution in [2.75, 3.05) is 6.61 Å². The Balaban J connectivity index is 2.51. The second kappa shape index (κ2) is 4.30. The van der Waals surface area contributed by atoms with E-state index in [9.17, 15) is 0 Å². The van der Waals surface area contributed by atoms with Crippen molar-refractivity contribution >= 4 is 5.69 Å². The van der Waals surface area contributed by atoms with Gasteiger partial charge in [-0.05, 0) is 31.2 Å². The summed E-state index contributed by atoms with van der Waals surface area (Å²) >= 11 is 0. The average Bonchev–Trinajstić information content (AvgIpc) is 2.09. The van der Waals surface area contributed by atoms with Crippen molar-refractivity contribution in [3.05, 3.63) is 24.3 Å². The first-order valence-electron chi connectivity index (χ1n) is 3.67. The molecule has 0 fully saturated rings. The highest BCUT2D eigenvalue weighted by Crippen LogP contribution is 2.13. The summed E-state index contributed by atoms with van der Waals surface area (Å²) in [5, 5.41) is 0. The van der Waals surface area contributed by atoms with Gasteiger partial charge in [0.05, 0.1) is 5.69 Å². The minimum atomic E-state index is 0.411. The molecule has 0 aromatic heterocycles. The van der Waals surface area contributed by atoms with E-state index in [0.717, 1.165) is 5.75 Å². The lowest BCUT2D eigenvalue weighted by Gasteiger charge is -2.00. The van der Waals surface area contributed by atoms with Crippen LogP contribution in [0.1, 0.15) is 6.92 Å². The number of benzene rings is 1. The summed E-state index contributed by atoms with van der Waals surface area (Å²) in [5.74, 6) is 6.29. The van der Waals surface area contributed by atoms with Crippen LogP contribution in [-0.2, 0) is 0 Å². The van der Waals surface area contributed by atoms with Gasteiger partial charge in [-0.3, -0.25) is 0 Å². The molecule has 2 heteroatoms. The van der Waals surface area contributed by atoms with Crippen molar-refractivity contribution in [3.63, 3.8) is 0 Å². The zero-order valence-electron chi connectivity index (χ0n) is 6.92. The van der Waals surface area contributed by atoms with Crippen LogP contribution in [0, 0.1) is 11.8 Å². The van der Waals surface area contributed by atoms with Crippen LogP contribution in [-0.4, -0.2) is 6.61 Å². The van der Waals surface area contributed by atoms with Gasteiger partial charge in [0.1, 0.15) is 12.4 Å². The predicted octanol–water partition coefficient (Wildman–Crippen LogP) is 2.00. The largest absolute Gasteiger partial charge is 0.481 e. The molecule has 0 amide bonds. The van der Waals surface area contributed by atoms with Gasteiger partial charge in [-0.1, -0.05) is 5.92 Å². The molecule has 0 atom stereocenters. The number of hydrogen-bond donors (Lipinski definition) is 0. The highest BCUT2D eigenvalue weighted by Gasteiger charge is 1.89. The topological polar surface area (TPSA) is 33.0 Å². The first kappa shape index (κ1) is 8.48. The Morgan fingerprint density at radius 2 is 2.00 bits per heavy atom. The molecule has 61 valence electrons. The second-order valence-electron chi connectivity index (χ2n) is 2.24. The zero-order chi connectivity index (χ0) is 8.81. The molecule has 0 spiro atoms. The molecule has 0 aliphatic carbocycles. The lowest BCUT2D eigenvalue weighted by atomic mass is 10.3. The summed E-state index contributed by atoms with van der Waals surface area (Å²) in [6.07, 6.45) is 0. The quantitative estimate of drug-likeness (QED) is 0.609. The first-order valence-corrected chi connectivity index (χ1v) is 3.67. The highest BCUT2D eigenvalue weighted by atomic mass is 16.5. The molecule has 0 saturated heterocycles. The first-order chi connectivity index (χ1) is 5.83. The molecule has 1 aromatic rings. The van der Waals surface area contributed by atoms with Gasteiger partial charge >= 0.3 is 0 Å². The molecule has 0 unspecified atom stereocenters. The van der Waals surface area contributed by atoms with E-state index in [1.807, 2.05) is 0 Å². The average molecular weight is 160 g/mol. The minimum Gasteiger partial charge on any atom is -0.481 e. The summed E-state index contributed by atoms with van der Waals surface area (Å²) < 4.78 is 5.24. The number of hydrogen-bond acceptors (Lipinski definition) is 1. The molecular formula is C10H10NO. The van der Waals surface area contributed by atoms with Crippen molar-refractivity contribution in [3.8, 4) is 17.6 Å². The smallest absolute Gasteiger partial charge is 0.149 e. The Morgan fingerprint density at radius 1 is 1.33 bits per heavy atom. The molecule has 2 nitrogen and oxygen atoms in total. The van der Waals surface area contributed by atoms with Crippen molar-refractivity contribution < 1.29 is 4.74 Å². The van der Waals surface area contributed by atoms with E-state index < -0.39 is 0 Å². The van der Waals surface area contributed by atoms with Crippen molar-refractivity contribution in [1.29, 1.82) is 0 Å². The van der Waals surface area contributed by atoms with Crippen LogP contribution in [0.3, 0.4) is 0 Å². The van der Waals surface area contributed by atoms with Crippen LogP contribution in [0.2, 0.25) is 0 Å². The van der Waals surface area contributed by atoms with E-state index in [2.05, 4.69) is 11.8 Å². The lowest BCUT2D eigenvalue weighted by Crippen LogP contribution is -1.92. The number of ether oxygens (including phenoxy) is 1. The van der Waals surface area contributed by atoms with Gasteiger partial charge < -0.3 is 10.5 Å². The maximum absolute atomic E-state index is 7.22. The van der Waals surface area contributed by atoms with E-state index in [1.54, 1.807) is 31.2 Å². The van der Waals surface area contributed by atoms with Crippen LogP contribution < -0.4 is 10.5 Å². The van der Waals surface area contributed by atoms with Gasteiger partial charge in [-0.25, -0.2) is 0 Å². The third kappa shape index (κ3) is 2.55. The van der Waals surface area contributed by atoms with Crippen LogP contribution in [0.5, 0.6) is 5.75 Å². The molecule has 1 radical (unpaired) electrons. The predicted molar refractivity (Wildman–Crippen MR) is 48.1 cm³/mol. The molecule has 0 bridgehead atoms. The molecule has 12 heavy (non-hydrogen) atoms. The maximum atomic E-state index is 7.22. The van der Waals surface area contributed by atoms with Gasteiger partial charge in [0, 0.05) is 0 Å². The van der Waals surface area contributed by atoms with E-state index in [-0.39, 0.29) is 0 Å². The van der Waals surface area contributed by atoms with Gasteiger partial charge in [0.2, 0.25) is 0 Å². The maximum Gasteiger partial charge on any atom is 0.149 e. The Kier molecular flexibility index (Phi) is 3.04. The van der Waals surface area contributed by atoms with Crippen LogP contribution >= 0.6 is 0 Å². The summed E-state index contributed by atoms with van der Waals surface area (Å²) in [6.45, 7) is 2.18. The number of nitrogens with one attached hydrogen (secondary N) is 1. The molecule has 1 aromatic carbocycles. The SMILES string of the molecule is CC#CCOc1ccc([NH])cc1. The van der Waals surface area contributed by atoms with Crippen molar-refractivity contribution in [2.45, 2.75) is 6.92 Å². The molecule has 0 aliphatic heterocycles. The fraction of sp³-hybridized carbons (Fsp3) is 0.200. The Morgan fingerprint density at radius 3 is 2.58 bits per heavy atom. The normalized spacial score (nSPS) is 8.42. The molecule has 1 rings (SSSR count). The van der Waals surface area contributed by atoms with Gasteiger partial charge in [-0.15, -0.1) is 5.92 Å². The van der Waals surface area contributed by atoms with E-state index in [4.69, 9.17) is 10.5 Å². The summed E-state index contributed by atoms with van der Waals surface area (Å²) in [6, 6.07) is 6.91. The molecule has 0 heterocycles. The van der Waals surface area contributed by atoms with E-state index in [1.165, 1.54) is 0 Å². The van der Waals surface area contributed by atoms with Gasteiger partial charge in [0.25, 0.3) is 0 Å². The Bertz CT molecular complexity index is 292. The fourth-order valence-electron chi connectivity index (χ4n) is 0.743. The monoisotopic (exact) mass is 160 g/mol. The zero-order valence-corrected chi connectivity index (χ0v) is 6.92. The van der Waals surface area contributed by atoms with Gasteiger partial charge in [0.15, 0.2) is 0 Å². The van der Waals surface area contributed by atoms with Crippen LogP contribution in [0.15, 0.2) is 24.3 Å². The van der Waals surface area contributed by atoms with Crippen LogP contribution in [0.4, 0.5) is 5.69 Å². The fourth-order valence-corrected chi connectivity index (χ4v) is 0.743. The number of rotatable bonds is 2. The lowest BCUT2D eigenvalue weighted by molar-refractivity contribution is 0.370. The summed E-state index contributed by atoms with van der Waals surface area (Å²) in [5.41, 5.74) is 7.71. The highest BCUT2D eigenvalue weighted by molar-refractivity contribution is 5.38. The third-order valence-electron chi connectivity index (χ3n) is 1.34. The Hall–Kier alpha value is -1.62. The van der Waals surface area contributed by atoms with Crippen molar-refractivity contribution in [2.24, 2.45) is 0 Å². The standard InChI is InChI=1S/C10H10NO/c1-2-3-8-12-10-6-4-9(11)5-7-10/h4-7,11H,8H2,1H3. The van der Waals surface area contributed by atoms with Gasteiger partial charge in [-0.2, -0.15) is 0 Å². The second-order valence-corrected chi connectivity index (χ2v) is 2.24. The molecule has 0 aliphatic rings.